The minimum absolute atomic E-state index is 0.341. The summed E-state index contributed by atoms with van der Waals surface area (Å²) in [5, 5.41) is 2.07. The van der Waals surface area contributed by atoms with Crippen LogP contribution in [0.2, 0.25) is 0 Å². The Morgan fingerprint density at radius 2 is 2.17 bits per heavy atom. The van der Waals surface area contributed by atoms with Gasteiger partial charge in [-0.1, -0.05) is 37.6 Å². The van der Waals surface area contributed by atoms with Crippen molar-refractivity contribution < 1.29 is 9.53 Å². The van der Waals surface area contributed by atoms with E-state index in [0.717, 1.165) is 27.3 Å². The number of hydrogen-bond donors (Lipinski definition) is 0. The third-order valence-corrected chi connectivity index (χ3v) is 3.46. The van der Waals surface area contributed by atoms with E-state index >= 15 is 0 Å². The van der Waals surface area contributed by atoms with Crippen LogP contribution >= 0.6 is 22.6 Å². The molecule has 0 fully saturated rings. The lowest BCUT2D eigenvalue weighted by Gasteiger charge is -2.06. The van der Waals surface area contributed by atoms with E-state index < -0.39 is 0 Å². The Hall–Kier alpha value is -1.17. The van der Waals surface area contributed by atoms with Crippen molar-refractivity contribution in [1.82, 2.24) is 4.98 Å². The molecule has 0 radical (unpaired) electrons. The van der Waals surface area contributed by atoms with E-state index in [0.29, 0.717) is 12.3 Å². The molecule has 2 aromatic rings. The Labute approximate surface area is 120 Å². The second-order valence-corrected chi connectivity index (χ2v) is 5.03. The molecule has 0 aliphatic heterocycles. The van der Waals surface area contributed by atoms with Crippen molar-refractivity contribution in [3.63, 3.8) is 0 Å². The highest BCUT2D eigenvalue weighted by atomic mass is 127. The van der Waals surface area contributed by atoms with Gasteiger partial charge in [-0.05, 0) is 40.5 Å². The summed E-state index contributed by atoms with van der Waals surface area (Å²) >= 11 is 2.14. The molecule has 1 heterocycles. The van der Waals surface area contributed by atoms with Gasteiger partial charge in [0.15, 0.2) is 0 Å². The normalized spacial score (nSPS) is 10.6. The minimum Gasteiger partial charge on any atom is -0.461 e. The van der Waals surface area contributed by atoms with E-state index in [1.807, 2.05) is 24.3 Å². The number of unbranched alkanes of at least 4 members (excludes halogenated alkanes) is 1. The van der Waals surface area contributed by atoms with Gasteiger partial charge in [-0.15, -0.1) is 0 Å². The monoisotopic (exact) mass is 355 g/mol. The number of benzene rings is 1. The van der Waals surface area contributed by atoms with Crippen molar-refractivity contribution in [2.45, 2.75) is 19.8 Å². The van der Waals surface area contributed by atoms with Crippen molar-refractivity contribution >= 4 is 39.3 Å². The summed E-state index contributed by atoms with van der Waals surface area (Å²) in [6, 6.07) is 9.67. The third-order valence-electron chi connectivity index (χ3n) is 2.63. The van der Waals surface area contributed by atoms with Crippen molar-refractivity contribution in [1.29, 1.82) is 0 Å². The van der Waals surface area contributed by atoms with Gasteiger partial charge in [-0.3, -0.25) is 0 Å². The van der Waals surface area contributed by atoms with Gasteiger partial charge in [-0.2, -0.15) is 0 Å². The van der Waals surface area contributed by atoms with Crippen LogP contribution in [0.4, 0.5) is 0 Å². The van der Waals surface area contributed by atoms with Gasteiger partial charge in [-0.25, -0.2) is 9.78 Å². The number of carbonyl (C=O) groups is 1. The average molecular weight is 355 g/mol. The van der Waals surface area contributed by atoms with Crippen LogP contribution in [0.5, 0.6) is 0 Å². The molecule has 94 valence electrons. The Morgan fingerprint density at radius 1 is 1.39 bits per heavy atom. The molecule has 1 aromatic carbocycles. The summed E-state index contributed by atoms with van der Waals surface area (Å²) in [5.41, 5.74) is 0.384. The second kappa shape index (κ2) is 6.13. The first kappa shape index (κ1) is 13.3. The summed E-state index contributed by atoms with van der Waals surface area (Å²) < 4.78 is 5.99. The number of nitrogens with zero attached hydrogens (tertiary/aromatic N) is 1. The number of esters is 1. The molecule has 0 N–H and O–H groups in total. The molecule has 0 atom stereocenters. The van der Waals surface area contributed by atoms with Gasteiger partial charge in [0.2, 0.25) is 0 Å². The lowest BCUT2D eigenvalue weighted by atomic mass is 10.1. The number of carbonyl (C=O) groups excluding carboxylic acids is 1. The SMILES string of the molecule is CCCCOC(=O)c1cc2ccccc2c(I)n1. The molecular weight excluding hydrogens is 341 g/mol. The zero-order valence-electron chi connectivity index (χ0n) is 10.1. The van der Waals surface area contributed by atoms with E-state index in [2.05, 4.69) is 34.5 Å². The van der Waals surface area contributed by atoms with Crippen LogP contribution < -0.4 is 0 Å². The highest BCUT2D eigenvalue weighted by Crippen LogP contribution is 2.20. The zero-order chi connectivity index (χ0) is 13.0. The van der Waals surface area contributed by atoms with E-state index in [1.165, 1.54) is 0 Å². The maximum absolute atomic E-state index is 11.8. The lowest BCUT2D eigenvalue weighted by molar-refractivity contribution is 0.0493. The maximum Gasteiger partial charge on any atom is 0.356 e. The molecule has 0 unspecified atom stereocenters. The van der Waals surface area contributed by atoms with E-state index in [-0.39, 0.29) is 5.97 Å². The summed E-state index contributed by atoms with van der Waals surface area (Å²) in [5.74, 6) is -0.341. The summed E-state index contributed by atoms with van der Waals surface area (Å²) in [6.45, 7) is 2.52. The predicted octanol–water partition coefficient (Wildman–Crippen LogP) is 3.80. The summed E-state index contributed by atoms with van der Waals surface area (Å²) in [6.07, 6.45) is 1.90. The molecule has 0 saturated heterocycles. The largest absolute Gasteiger partial charge is 0.461 e. The van der Waals surface area contributed by atoms with Gasteiger partial charge >= 0.3 is 5.97 Å². The van der Waals surface area contributed by atoms with Gasteiger partial charge in [0.05, 0.1) is 6.61 Å². The molecule has 0 bridgehead atoms. The van der Waals surface area contributed by atoms with Crippen molar-refractivity contribution in [3.05, 3.63) is 39.7 Å². The predicted molar refractivity (Wildman–Crippen MR) is 79.7 cm³/mol. The Balaban J connectivity index is 2.26. The van der Waals surface area contributed by atoms with Gasteiger partial charge in [0, 0.05) is 5.39 Å². The molecule has 2 rings (SSSR count). The van der Waals surface area contributed by atoms with Crippen LogP contribution in [0.3, 0.4) is 0 Å². The van der Waals surface area contributed by atoms with Crippen LogP contribution in [-0.4, -0.2) is 17.6 Å². The van der Waals surface area contributed by atoms with E-state index in [9.17, 15) is 4.79 Å². The number of fused-ring (bicyclic) bond motifs is 1. The van der Waals surface area contributed by atoms with Crippen molar-refractivity contribution in [2.24, 2.45) is 0 Å². The first-order valence-electron chi connectivity index (χ1n) is 5.94. The fourth-order valence-electron chi connectivity index (χ4n) is 1.64. The molecule has 18 heavy (non-hydrogen) atoms. The molecule has 0 saturated carbocycles. The Bertz CT molecular complexity index is 569. The molecule has 0 aliphatic carbocycles. The Morgan fingerprint density at radius 3 is 2.94 bits per heavy atom. The summed E-state index contributed by atoms with van der Waals surface area (Å²) in [4.78, 5) is 16.1. The first-order valence-corrected chi connectivity index (χ1v) is 7.02. The van der Waals surface area contributed by atoms with E-state index in [4.69, 9.17) is 4.74 Å². The van der Waals surface area contributed by atoms with Gasteiger partial charge in [0.1, 0.15) is 9.39 Å². The summed E-state index contributed by atoms with van der Waals surface area (Å²) in [7, 11) is 0. The molecule has 0 aliphatic rings. The molecule has 0 spiro atoms. The van der Waals surface area contributed by atoms with Crippen molar-refractivity contribution in [3.8, 4) is 0 Å². The fraction of sp³-hybridized carbons (Fsp3) is 0.286. The topological polar surface area (TPSA) is 39.2 Å². The highest BCUT2D eigenvalue weighted by Gasteiger charge is 2.11. The molecule has 3 nitrogen and oxygen atoms in total. The van der Waals surface area contributed by atoms with Crippen molar-refractivity contribution in [2.75, 3.05) is 6.61 Å². The molecule has 4 heteroatoms. The quantitative estimate of drug-likeness (QED) is 0.363. The number of rotatable bonds is 4. The minimum atomic E-state index is -0.341. The number of aromatic nitrogens is 1. The lowest BCUT2D eigenvalue weighted by Crippen LogP contribution is -2.09. The fourth-order valence-corrected chi connectivity index (χ4v) is 2.40. The van der Waals surface area contributed by atoms with Crippen LogP contribution in [0.25, 0.3) is 10.8 Å². The number of hydrogen-bond acceptors (Lipinski definition) is 3. The molecule has 0 amide bonds. The smallest absolute Gasteiger partial charge is 0.356 e. The number of ether oxygens (including phenoxy) is 1. The average Bonchev–Trinajstić information content (AvgIpc) is 2.39. The van der Waals surface area contributed by atoms with Crippen LogP contribution in [0, 0.1) is 3.70 Å². The standard InChI is InChI=1S/C14H14INO2/c1-2-3-8-18-14(17)12-9-10-6-4-5-7-11(10)13(15)16-12/h4-7,9H,2-3,8H2,1H3. The van der Waals surface area contributed by atoms with E-state index in [1.54, 1.807) is 6.07 Å². The van der Waals surface area contributed by atoms with Crippen LogP contribution in [0.1, 0.15) is 30.3 Å². The number of pyridine rings is 1. The maximum atomic E-state index is 11.8. The zero-order valence-corrected chi connectivity index (χ0v) is 12.3. The second-order valence-electron chi connectivity index (χ2n) is 4.01. The number of halogens is 1. The third kappa shape index (κ3) is 2.98. The highest BCUT2D eigenvalue weighted by molar-refractivity contribution is 14.1. The van der Waals surface area contributed by atoms with Gasteiger partial charge < -0.3 is 4.74 Å². The molecule has 1 aromatic heterocycles. The van der Waals surface area contributed by atoms with Crippen LogP contribution in [0.15, 0.2) is 30.3 Å². The Kier molecular flexibility index (Phi) is 4.52. The molecular formula is C14H14INO2. The van der Waals surface area contributed by atoms with Gasteiger partial charge in [0.25, 0.3) is 0 Å². The first-order chi connectivity index (χ1) is 8.72. The van der Waals surface area contributed by atoms with Crippen LogP contribution in [-0.2, 0) is 4.74 Å².